The number of nitrogens with zero attached hydrogens (tertiary/aromatic N) is 1. The van der Waals surface area contributed by atoms with E-state index in [1.807, 2.05) is 6.92 Å². The minimum absolute atomic E-state index is 0.686. The molecule has 0 bridgehead atoms. The molecule has 0 radical (unpaired) electrons. The van der Waals surface area contributed by atoms with Crippen LogP contribution in [-0.2, 0) is 4.53 Å². The first-order valence-corrected chi connectivity index (χ1v) is 4.05. The molecule has 0 aromatic carbocycles. The molecule has 0 aliphatic rings. The molecule has 0 saturated heterocycles. The van der Waals surface area contributed by atoms with Gasteiger partial charge >= 0.3 is 0 Å². The van der Waals surface area contributed by atoms with E-state index in [4.69, 9.17) is 4.53 Å². The molecule has 2 nitrogen and oxygen atoms in total. The van der Waals surface area contributed by atoms with Gasteiger partial charge in [-0.05, 0) is 19.3 Å². The fourth-order valence-electron chi connectivity index (χ4n) is 0.784. The molecule has 9 heavy (non-hydrogen) atoms. The van der Waals surface area contributed by atoms with Crippen molar-refractivity contribution in [1.29, 1.82) is 0 Å². The molecular weight excluding hydrogens is 130 g/mol. The molecular formula is C6H15NOSi. The minimum Gasteiger partial charge on any atom is -0.467 e. The van der Waals surface area contributed by atoms with Gasteiger partial charge in [-0.1, -0.05) is 13.8 Å². The Labute approximate surface area is 59.8 Å². The first-order chi connectivity index (χ1) is 4.16. The van der Waals surface area contributed by atoms with Crippen LogP contribution in [0.25, 0.3) is 0 Å². The standard InChI is InChI=1S/C6H15NOSi/c1-5(2)4-6(3)7-8-9/h5H,4H2,1-3,9H3. The third-order valence-corrected chi connectivity index (χ3v) is 1.13. The Morgan fingerprint density at radius 1 is 1.67 bits per heavy atom. The molecule has 0 atom stereocenters. The van der Waals surface area contributed by atoms with Gasteiger partial charge in [-0.25, -0.2) is 0 Å². The number of hydrogen-bond donors (Lipinski definition) is 0. The topological polar surface area (TPSA) is 21.6 Å². The number of hydrogen-bond acceptors (Lipinski definition) is 2. The van der Waals surface area contributed by atoms with E-state index in [1.165, 1.54) is 0 Å². The second kappa shape index (κ2) is 4.55. The molecule has 0 heterocycles. The lowest BCUT2D eigenvalue weighted by Crippen LogP contribution is -1.98. The largest absolute Gasteiger partial charge is 0.467 e. The number of rotatable bonds is 3. The molecule has 0 aliphatic heterocycles. The van der Waals surface area contributed by atoms with Gasteiger partial charge in [-0.15, -0.1) is 5.16 Å². The summed E-state index contributed by atoms with van der Waals surface area (Å²) in [6.07, 6.45) is 1.04. The van der Waals surface area contributed by atoms with Crippen LogP contribution < -0.4 is 0 Å². The zero-order valence-electron chi connectivity index (χ0n) is 6.64. The van der Waals surface area contributed by atoms with Gasteiger partial charge in [0.15, 0.2) is 0 Å². The molecule has 0 N–H and O–H groups in total. The van der Waals surface area contributed by atoms with Crippen molar-refractivity contribution in [2.24, 2.45) is 11.1 Å². The first-order valence-electron chi connectivity index (χ1n) is 3.23. The summed E-state index contributed by atoms with van der Waals surface area (Å²) in [5.41, 5.74) is 1.10. The Morgan fingerprint density at radius 3 is 2.56 bits per heavy atom. The van der Waals surface area contributed by atoms with Crippen molar-refractivity contribution in [3.8, 4) is 0 Å². The highest BCUT2D eigenvalue weighted by molar-refractivity contribution is 5.98. The van der Waals surface area contributed by atoms with Crippen LogP contribution in [0.1, 0.15) is 27.2 Å². The van der Waals surface area contributed by atoms with Crippen LogP contribution in [0.15, 0.2) is 5.16 Å². The summed E-state index contributed by atoms with van der Waals surface area (Å²) in [7, 11) is 0.700. The highest BCUT2D eigenvalue weighted by atomic mass is 28.2. The van der Waals surface area contributed by atoms with Crippen LogP contribution in [0.4, 0.5) is 0 Å². The van der Waals surface area contributed by atoms with Gasteiger partial charge in [0, 0.05) is 0 Å². The van der Waals surface area contributed by atoms with Gasteiger partial charge in [0.25, 0.3) is 0 Å². The normalized spacial score (nSPS) is 12.7. The second-order valence-corrected chi connectivity index (χ2v) is 2.97. The summed E-state index contributed by atoms with van der Waals surface area (Å²) in [6, 6.07) is 0. The van der Waals surface area contributed by atoms with Crippen molar-refractivity contribution >= 4 is 16.2 Å². The quantitative estimate of drug-likeness (QED) is 0.325. The van der Waals surface area contributed by atoms with Crippen molar-refractivity contribution < 1.29 is 4.53 Å². The average molecular weight is 145 g/mol. The fraction of sp³-hybridized carbons (Fsp3) is 0.833. The van der Waals surface area contributed by atoms with Gasteiger partial charge < -0.3 is 4.53 Å². The molecule has 0 spiro atoms. The Balaban J connectivity index is 3.49. The summed E-state index contributed by atoms with van der Waals surface area (Å²) in [5.74, 6) is 0.686. The van der Waals surface area contributed by atoms with Gasteiger partial charge in [0.05, 0.1) is 5.71 Å². The lowest BCUT2D eigenvalue weighted by Gasteiger charge is -2.01. The van der Waals surface area contributed by atoms with Crippen molar-refractivity contribution in [3.63, 3.8) is 0 Å². The first kappa shape index (κ1) is 8.69. The minimum atomic E-state index is 0.686. The zero-order valence-corrected chi connectivity index (χ0v) is 8.64. The highest BCUT2D eigenvalue weighted by Gasteiger charge is 1.95. The molecule has 0 amide bonds. The SMILES string of the molecule is CC(CC(C)C)=NO[SiH3]. The van der Waals surface area contributed by atoms with E-state index in [-0.39, 0.29) is 0 Å². The molecule has 0 aromatic rings. The van der Waals surface area contributed by atoms with E-state index in [0.717, 1.165) is 12.1 Å². The monoisotopic (exact) mass is 145 g/mol. The van der Waals surface area contributed by atoms with E-state index >= 15 is 0 Å². The van der Waals surface area contributed by atoms with E-state index in [0.29, 0.717) is 16.4 Å². The molecule has 0 rings (SSSR count). The molecule has 0 unspecified atom stereocenters. The number of oxime groups is 1. The fourth-order valence-corrected chi connectivity index (χ4v) is 1.10. The molecule has 0 aliphatic carbocycles. The highest BCUT2D eigenvalue weighted by Crippen LogP contribution is 2.00. The maximum Gasteiger partial charge on any atom is 0.242 e. The average Bonchev–Trinajstić information content (AvgIpc) is 1.63. The van der Waals surface area contributed by atoms with Crippen molar-refractivity contribution in [3.05, 3.63) is 0 Å². The predicted octanol–water partition coefficient (Wildman–Crippen LogP) is 0.705. The maximum absolute atomic E-state index is 4.73. The molecule has 0 fully saturated rings. The van der Waals surface area contributed by atoms with Crippen molar-refractivity contribution in [1.82, 2.24) is 0 Å². The van der Waals surface area contributed by atoms with Gasteiger partial charge in [-0.2, -0.15) is 0 Å². The Bertz CT molecular complexity index is 101. The third-order valence-electron chi connectivity index (χ3n) is 0.951. The Hall–Kier alpha value is -0.313. The molecule has 3 heteroatoms. The summed E-state index contributed by atoms with van der Waals surface area (Å²) in [4.78, 5) is 0. The summed E-state index contributed by atoms with van der Waals surface area (Å²) in [6.45, 7) is 6.34. The predicted molar refractivity (Wildman–Crippen MR) is 43.6 cm³/mol. The van der Waals surface area contributed by atoms with Crippen molar-refractivity contribution in [2.75, 3.05) is 0 Å². The lowest BCUT2D eigenvalue weighted by atomic mass is 10.1. The van der Waals surface area contributed by atoms with Gasteiger partial charge in [-0.3, -0.25) is 0 Å². The zero-order chi connectivity index (χ0) is 7.28. The van der Waals surface area contributed by atoms with Crippen LogP contribution in [0.2, 0.25) is 0 Å². The van der Waals surface area contributed by atoms with Crippen LogP contribution in [-0.4, -0.2) is 16.2 Å². The van der Waals surface area contributed by atoms with Crippen LogP contribution in [0.5, 0.6) is 0 Å². The van der Waals surface area contributed by atoms with E-state index in [1.54, 1.807) is 0 Å². The van der Waals surface area contributed by atoms with Crippen LogP contribution in [0.3, 0.4) is 0 Å². The molecule has 0 aromatic heterocycles. The van der Waals surface area contributed by atoms with E-state index in [2.05, 4.69) is 19.0 Å². The van der Waals surface area contributed by atoms with E-state index < -0.39 is 0 Å². The molecule has 0 saturated carbocycles. The van der Waals surface area contributed by atoms with Gasteiger partial charge in [0.1, 0.15) is 0 Å². The maximum atomic E-state index is 4.73. The lowest BCUT2D eigenvalue weighted by molar-refractivity contribution is 0.374. The summed E-state index contributed by atoms with van der Waals surface area (Å²) in [5, 5.41) is 3.84. The van der Waals surface area contributed by atoms with Gasteiger partial charge in [0.2, 0.25) is 10.5 Å². The van der Waals surface area contributed by atoms with Crippen LogP contribution >= 0.6 is 0 Å². The summed E-state index contributed by atoms with van der Waals surface area (Å²) >= 11 is 0. The third kappa shape index (κ3) is 5.56. The second-order valence-electron chi connectivity index (χ2n) is 2.61. The summed E-state index contributed by atoms with van der Waals surface area (Å²) < 4.78 is 4.73. The Kier molecular flexibility index (Phi) is 4.40. The smallest absolute Gasteiger partial charge is 0.242 e. The Morgan fingerprint density at radius 2 is 2.22 bits per heavy atom. The molecule has 54 valence electrons. The van der Waals surface area contributed by atoms with E-state index in [9.17, 15) is 0 Å². The van der Waals surface area contributed by atoms with Crippen molar-refractivity contribution in [2.45, 2.75) is 27.2 Å². The van der Waals surface area contributed by atoms with Crippen LogP contribution in [0, 0.1) is 5.92 Å².